The van der Waals surface area contributed by atoms with Crippen LogP contribution in [-0.4, -0.2) is 11.5 Å². The average molecular weight is 337 g/mol. The topological polar surface area (TPSA) is 41.8 Å². The number of rotatable bonds is 6. The normalized spacial score (nSPS) is 15.2. The summed E-state index contributed by atoms with van der Waals surface area (Å²) < 4.78 is 0. The van der Waals surface area contributed by atoms with E-state index in [-0.39, 0.29) is 0 Å². The zero-order valence-corrected chi connectivity index (χ0v) is 16.4. The first-order valence-corrected chi connectivity index (χ1v) is 9.17. The lowest BCUT2D eigenvalue weighted by atomic mass is 9.98. The minimum Gasteiger partial charge on any atom is -0.355 e. The van der Waals surface area contributed by atoms with Crippen LogP contribution >= 0.6 is 0 Å². The van der Waals surface area contributed by atoms with Gasteiger partial charge in [-0.2, -0.15) is 0 Å². The van der Waals surface area contributed by atoms with E-state index in [1.54, 1.807) is 0 Å². The third kappa shape index (κ3) is 4.73. The molecule has 0 radical (unpaired) electrons. The van der Waals surface area contributed by atoms with Gasteiger partial charge in [0.15, 0.2) is 0 Å². The van der Waals surface area contributed by atoms with Gasteiger partial charge in [0.1, 0.15) is 0 Å². The zero-order chi connectivity index (χ0) is 18.6. The van der Waals surface area contributed by atoms with E-state index in [1.807, 2.05) is 0 Å². The molecule has 0 amide bonds. The van der Waals surface area contributed by atoms with Crippen LogP contribution in [0.1, 0.15) is 56.6 Å². The number of hydrogen-bond donors (Lipinski definition) is 2. The molecule has 134 valence electrons. The Morgan fingerprint density at radius 1 is 1.24 bits per heavy atom. The number of aromatic nitrogens is 1. The third-order valence-electron chi connectivity index (χ3n) is 4.84. The smallest absolute Gasteiger partial charge is 0.0456 e. The zero-order valence-electron chi connectivity index (χ0n) is 16.4. The van der Waals surface area contributed by atoms with E-state index < -0.39 is 0 Å². The lowest BCUT2D eigenvalue weighted by Crippen LogP contribution is -2.05. The molecule has 0 spiro atoms. The highest BCUT2D eigenvalue weighted by Crippen LogP contribution is 2.31. The van der Waals surface area contributed by atoms with Crippen LogP contribution < -0.4 is 5.73 Å². The van der Waals surface area contributed by atoms with E-state index in [4.69, 9.17) is 5.73 Å². The fourth-order valence-electron chi connectivity index (χ4n) is 3.17. The van der Waals surface area contributed by atoms with Crippen LogP contribution in [0.15, 0.2) is 47.6 Å². The van der Waals surface area contributed by atoms with Gasteiger partial charge in [0.05, 0.1) is 0 Å². The molecule has 2 nitrogen and oxygen atoms in total. The van der Waals surface area contributed by atoms with Gasteiger partial charge >= 0.3 is 0 Å². The number of allylic oxidation sites excluding steroid dienone is 8. The molecule has 0 saturated heterocycles. The van der Waals surface area contributed by atoms with Crippen LogP contribution in [0.5, 0.6) is 0 Å². The molecule has 2 rings (SSSR count). The molecular formula is C23H32N2. The molecule has 0 unspecified atom stereocenters. The van der Waals surface area contributed by atoms with Gasteiger partial charge < -0.3 is 10.7 Å². The molecule has 0 bridgehead atoms. The van der Waals surface area contributed by atoms with E-state index >= 15 is 0 Å². The fourth-order valence-corrected chi connectivity index (χ4v) is 3.17. The van der Waals surface area contributed by atoms with Crippen LogP contribution in [0, 0.1) is 12.8 Å². The number of nitrogens with two attached hydrogens (primary N) is 1. The van der Waals surface area contributed by atoms with Crippen LogP contribution in [0.4, 0.5) is 0 Å². The highest BCUT2D eigenvalue weighted by molar-refractivity contribution is 5.74. The summed E-state index contributed by atoms with van der Waals surface area (Å²) >= 11 is 0. The molecule has 0 fully saturated rings. The van der Waals surface area contributed by atoms with Crippen molar-refractivity contribution in [1.82, 2.24) is 4.98 Å². The van der Waals surface area contributed by atoms with Gasteiger partial charge in [-0.25, -0.2) is 0 Å². The van der Waals surface area contributed by atoms with Crippen molar-refractivity contribution in [3.8, 4) is 0 Å². The largest absolute Gasteiger partial charge is 0.355 e. The molecule has 25 heavy (non-hydrogen) atoms. The molecule has 1 aliphatic rings. The summed E-state index contributed by atoms with van der Waals surface area (Å²) in [6.45, 7) is 15.6. The van der Waals surface area contributed by atoms with Crippen molar-refractivity contribution in [1.29, 1.82) is 0 Å². The number of aromatic amines is 1. The molecule has 3 N–H and O–H groups in total. The second-order valence-corrected chi connectivity index (χ2v) is 7.33. The lowest BCUT2D eigenvalue weighted by molar-refractivity contribution is 0.796. The maximum absolute atomic E-state index is 5.89. The first kappa shape index (κ1) is 19.3. The van der Waals surface area contributed by atoms with E-state index in [1.165, 1.54) is 33.5 Å². The summed E-state index contributed by atoms with van der Waals surface area (Å²) in [6, 6.07) is 0. The van der Waals surface area contributed by atoms with Crippen LogP contribution in [0.2, 0.25) is 0 Å². The molecule has 0 aliphatic heterocycles. The quantitative estimate of drug-likeness (QED) is 0.640. The summed E-state index contributed by atoms with van der Waals surface area (Å²) in [7, 11) is 0. The van der Waals surface area contributed by atoms with Crippen molar-refractivity contribution in [3.63, 3.8) is 0 Å². The van der Waals surface area contributed by atoms with Gasteiger partial charge in [0.2, 0.25) is 0 Å². The Morgan fingerprint density at radius 3 is 2.60 bits per heavy atom. The summed E-state index contributed by atoms with van der Waals surface area (Å²) in [5.41, 5.74) is 16.0. The summed E-state index contributed by atoms with van der Waals surface area (Å²) in [5, 5.41) is 0. The minimum absolute atomic E-state index is 0.458. The van der Waals surface area contributed by atoms with Crippen LogP contribution in [0.3, 0.4) is 0 Å². The van der Waals surface area contributed by atoms with Crippen LogP contribution in [0.25, 0.3) is 11.6 Å². The van der Waals surface area contributed by atoms with Crippen molar-refractivity contribution >= 4 is 11.6 Å². The molecule has 1 aromatic heterocycles. The van der Waals surface area contributed by atoms with Gasteiger partial charge in [0, 0.05) is 11.4 Å². The Morgan fingerprint density at radius 2 is 1.96 bits per heavy atom. The number of nitrogens with one attached hydrogen (secondary N) is 1. The number of H-pyrrole nitrogens is 1. The van der Waals surface area contributed by atoms with Gasteiger partial charge in [-0.15, -0.1) is 0 Å². The average Bonchev–Trinajstić information content (AvgIpc) is 2.74. The molecule has 0 atom stereocenters. The first-order valence-electron chi connectivity index (χ1n) is 9.17. The maximum atomic E-state index is 5.89. The number of hydrogen-bond acceptors (Lipinski definition) is 1. The van der Waals surface area contributed by atoms with E-state index in [9.17, 15) is 0 Å². The molecular weight excluding hydrogens is 304 g/mol. The summed E-state index contributed by atoms with van der Waals surface area (Å²) in [4.78, 5) is 3.65. The molecule has 1 aliphatic carbocycles. The first-order chi connectivity index (χ1) is 11.8. The van der Waals surface area contributed by atoms with Gasteiger partial charge in [-0.1, -0.05) is 61.4 Å². The molecule has 1 heterocycles. The van der Waals surface area contributed by atoms with E-state index in [0.717, 1.165) is 24.1 Å². The van der Waals surface area contributed by atoms with Gasteiger partial charge in [-0.05, 0) is 68.9 Å². The van der Waals surface area contributed by atoms with Crippen molar-refractivity contribution in [2.45, 2.75) is 47.5 Å². The van der Waals surface area contributed by atoms with Gasteiger partial charge in [-0.3, -0.25) is 0 Å². The highest BCUT2D eigenvalue weighted by Gasteiger charge is 2.16. The standard InChI is InChI=1S/C23H32N2/c1-15(2)18(5)8-10-22-19(6)21(11-12-24)23(25-22)20-9-7-16(3)13-17(4)14-20/h7-8,10,13-15,25H,5,9,11-12,24H2,1-4,6H3/b10-8-. The molecule has 1 aromatic rings. The Hall–Kier alpha value is -2.06. The van der Waals surface area contributed by atoms with E-state index in [0.29, 0.717) is 12.5 Å². The Balaban J connectivity index is 2.46. The SMILES string of the molecule is C=C(/C=C\c1[nH]c(C2=CC(C)=CC(C)=CC2)c(CCN)c1C)C(C)C. The predicted molar refractivity (Wildman–Crippen MR) is 111 cm³/mol. The third-order valence-corrected chi connectivity index (χ3v) is 4.84. The monoisotopic (exact) mass is 336 g/mol. The Labute approximate surface area is 152 Å². The Kier molecular flexibility index (Phi) is 6.44. The Bertz CT molecular complexity index is 764. The highest BCUT2D eigenvalue weighted by atomic mass is 14.7. The predicted octanol–water partition coefficient (Wildman–Crippen LogP) is 5.73. The summed E-state index contributed by atoms with van der Waals surface area (Å²) in [5.74, 6) is 0.458. The minimum atomic E-state index is 0.458. The fraction of sp³-hybridized carbons (Fsp3) is 0.391. The maximum Gasteiger partial charge on any atom is 0.0456 e. The molecule has 2 heteroatoms. The van der Waals surface area contributed by atoms with E-state index in [2.05, 4.69) is 76.6 Å². The summed E-state index contributed by atoms with van der Waals surface area (Å²) in [6.07, 6.45) is 12.9. The molecule has 0 saturated carbocycles. The second-order valence-electron chi connectivity index (χ2n) is 7.33. The van der Waals surface area contributed by atoms with Crippen molar-refractivity contribution in [3.05, 3.63) is 70.1 Å². The second kappa shape index (κ2) is 8.35. The van der Waals surface area contributed by atoms with Crippen molar-refractivity contribution < 1.29 is 0 Å². The van der Waals surface area contributed by atoms with Crippen molar-refractivity contribution in [2.75, 3.05) is 6.54 Å². The molecule has 0 aromatic carbocycles. The lowest BCUT2D eigenvalue weighted by Gasteiger charge is -2.07. The van der Waals surface area contributed by atoms with Crippen molar-refractivity contribution in [2.24, 2.45) is 11.7 Å². The van der Waals surface area contributed by atoms with Crippen LogP contribution in [-0.2, 0) is 6.42 Å². The van der Waals surface area contributed by atoms with Gasteiger partial charge in [0.25, 0.3) is 0 Å².